The largest absolute Gasteiger partial charge is 0.496 e. The van der Waals surface area contributed by atoms with Gasteiger partial charge in [0.15, 0.2) is 0 Å². The van der Waals surface area contributed by atoms with E-state index in [1.165, 1.54) is 0 Å². The molecule has 5 nitrogen and oxygen atoms in total. The number of ether oxygens (including phenoxy) is 2. The zero-order valence-electron chi connectivity index (χ0n) is 16.2. The van der Waals surface area contributed by atoms with Crippen LogP contribution in [0.15, 0.2) is 77.4 Å². The molecule has 0 fully saturated rings. The Morgan fingerprint density at radius 1 is 0.964 bits per heavy atom. The monoisotopic (exact) mass is 381 g/mol. The predicted octanol–water partition coefficient (Wildman–Crippen LogP) is 3.87. The maximum absolute atomic E-state index is 10.5. The number of rotatable bonds is 11. The van der Waals surface area contributed by atoms with E-state index in [1.807, 2.05) is 66.7 Å². The molecule has 0 aliphatic rings. The minimum absolute atomic E-state index is 0.273. The van der Waals surface area contributed by atoms with Gasteiger partial charge in [-0.15, -0.1) is 0 Å². The molecule has 1 heterocycles. The number of hydrogen-bond acceptors (Lipinski definition) is 5. The average molecular weight is 381 g/mol. The van der Waals surface area contributed by atoms with E-state index in [1.54, 1.807) is 13.4 Å². The fourth-order valence-electron chi connectivity index (χ4n) is 3.12. The molecule has 1 N–H and O–H groups in total. The number of methoxy groups -OCH3 is 1. The Morgan fingerprint density at radius 3 is 2.50 bits per heavy atom. The van der Waals surface area contributed by atoms with Crippen molar-refractivity contribution < 1.29 is 19.0 Å². The molecule has 1 aromatic heterocycles. The molecule has 0 saturated heterocycles. The minimum Gasteiger partial charge on any atom is -0.496 e. The summed E-state index contributed by atoms with van der Waals surface area (Å²) in [6.45, 7) is 2.47. The normalized spacial score (nSPS) is 12.2. The Kier molecular flexibility index (Phi) is 7.67. The molecule has 0 spiro atoms. The van der Waals surface area contributed by atoms with Crippen molar-refractivity contribution in [2.75, 3.05) is 20.3 Å². The Balaban J connectivity index is 1.58. The van der Waals surface area contributed by atoms with E-state index < -0.39 is 6.10 Å². The van der Waals surface area contributed by atoms with Crippen LogP contribution < -0.4 is 4.74 Å². The highest BCUT2D eigenvalue weighted by molar-refractivity contribution is 5.33. The van der Waals surface area contributed by atoms with Gasteiger partial charge in [0.1, 0.15) is 11.5 Å². The Bertz CT molecular complexity index is 804. The van der Waals surface area contributed by atoms with Crippen LogP contribution in [0, 0.1) is 0 Å². The topological polar surface area (TPSA) is 55.1 Å². The van der Waals surface area contributed by atoms with Crippen LogP contribution in [-0.2, 0) is 24.4 Å². The lowest BCUT2D eigenvalue weighted by molar-refractivity contribution is 0.00603. The Morgan fingerprint density at radius 2 is 1.75 bits per heavy atom. The average Bonchev–Trinajstić information content (AvgIpc) is 3.22. The smallest absolute Gasteiger partial charge is 0.123 e. The summed E-state index contributed by atoms with van der Waals surface area (Å²) in [6, 6.07) is 21.7. The number of aliphatic hydroxyl groups is 1. The van der Waals surface area contributed by atoms with Crippen LogP contribution in [0.1, 0.15) is 16.9 Å². The second-order valence-corrected chi connectivity index (χ2v) is 6.72. The number of hydrogen-bond donors (Lipinski definition) is 1. The molecule has 5 heteroatoms. The SMILES string of the molecule is COc1ccccc1CN(Cc1ccco1)C[C@H](O)COCc1ccccc1. The van der Waals surface area contributed by atoms with Gasteiger partial charge in [-0.05, 0) is 23.8 Å². The van der Waals surface area contributed by atoms with Gasteiger partial charge in [-0.25, -0.2) is 0 Å². The summed E-state index contributed by atoms with van der Waals surface area (Å²) in [5.41, 5.74) is 2.16. The van der Waals surface area contributed by atoms with E-state index in [4.69, 9.17) is 13.9 Å². The molecule has 0 aliphatic carbocycles. The fraction of sp³-hybridized carbons (Fsp3) is 0.304. The number of aliphatic hydroxyl groups excluding tert-OH is 1. The first kappa shape index (κ1) is 20.1. The van der Waals surface area contributed by atoms with Crippen LogP contribution in [0.4, 0.5) is 0 Å². The Labute approximate surface area is 166 Å². The van der Waals surface area contributed by atoms with Gasteiger partial charge in [0.2, 0.25) is 0 Å². The molecule has 0 saturated carbocycles. The standard InChI is InChI=1S/C23H27NO4/c1-26-23-12-6-5-10-20(23)14-24(16-22-11-7-13-28-22)15-21(25)18-27-17-19-8-3-2-4-9-19/h2-13,21,25H,14-18H2,1H3/t21-/m0/s1. The highest BCUT2D eigenvalue weighted by atomic mass is 16.5. The molecule has 0 radical (unpaired) electrons. The van der Waals surface area contributed by atoms with Crippen LogP contribution in [-0.4, -0.2) is 36.4 Å². The van der Waals surface area contributed by atoms with Crippen molar-refractivity contribution in [1.82, 2.24) is 4.90 Å². The van der Waals surface area contributed by atoms with Gasteiger partial charge in [-0.1, -0.05) is 48.5 Å². The van der Waals surface area contributed by atoms with E-state index in [-0.39, 0.29) is 6.61 Å². The van der Waals surface area contributed by atoms with Gasteiger partial charge >= 0.3 is 0 Å². The molecular weight excluding hydrogens is 354 g/mol. The molecule has 0 aliphatic heterocycles. The quantitative estimate of drug-likeness (QED) is 0.546. The zero-order chi connectivity index (χ0) is 19.6. The highest BCUT2D eigenvalue weighted by Crippen LogP contribution is 2.20. The second kappa shape index (κ2) is 10.7. The van der Waals surface area contributed by atoms with E-state index in [9.17, 15) is 5.11 Å². The third-order valence-electron chi connectivity index (χ3n) is 4.44. The summed E-state index contributed by atoms with van der Waals surface area (Å²) in [4.78, 5) is 2.13. The third-order valence-corrected chi connectivity index (χ3v) is 4.44. The first-order valence-corrected chi connectivity index (χ1v) is 9.41. The molecular formula is C23H27NO4. The van der Waals surface area contributed by atoms with Gasteiger partial charge < -0.3 is 19.0 Å². The molecule has 28 heavy (non-hydrogen) atoms. The molecule has 0 bridgehead atoms. The van der Waals surface area contributed by atoms with Crippen molar-refractivity contribution >= 4 is 0 Å². The van der Waals surface area contributed by atoms with Crippen LogP contribution in [0.25, 0.3) is 0 Å². The maximum Gasteiger partial charge on any atom is 0.123 e. The number of furan rings is 1. The molecule has 148 valence electrons. The van der Waals surface area contributed by atoms with Crippen molar-refractivity contribution in [3.05, 3.63) is 89.9 Å². The van der Waals surface area contributed by atoms with Gasteiger partial charge in [-0.2, -0.15) is 0 Å². The zero-order valence-corrected chi connectivity index (χ0v) is 16.2. The first-order valence-electron chi connectivity index (χ1n) is 9.41. The van der Waals surface area contributed by atoms with E-state index in [0.29, 0.717) is 26.2 Å². The molecule has 2 aromatic carbocycles. The van der Waals surface area contributed by atoms with Gasteiger partial charge in [0, 0.05) is 18.7 Å². The fourth-order valence-corrected chi connectivity index (χ4v) is 3.12. The number of nitrogens with zero attached hydrogens (tertiary/aromatic N) is 1. The van der Waals surface area contributed by atoms with Crippen LogP contribution in [0.5, 0.6) is 5.75 Å². The minimum atomic E-state index is -0.603. The molecule has 0 unspecified atom stereocenters. The first-order chi connectivity index (χ1) is 13.7. The summed E-state index contributed by atoms with van der Waals surface area (Å²) in [7, 11) is 1.67. The van der Waals surface area contributed by atoms with E-state index in [2.05, 4.69) is 4.90 Å². The van der Waals surface area contributed by atoms with E-state index >= 15 is 0 Å². The maximum atomic E-state index is 10.5. The van der Waals surface area contributed by atoms with Gasteiger partial charge in [-0.3, -0.25) is 4.90 Å². The van der Waals surface area contributed by atoms with Gasteiger partial charge in [0.05, 0.1) is 39.2 Å². The van der Waals surface area contributed by atoms with Crippen LogP contribution >= 0.6 is 0 Å². The lowest BCUT2D eigenvalue weighted by Gasteiger charge is -2.25. The summed E-state index contributed by atoms with van der Waals surface area (Å²) >= 11 is 0. The predicted molar refractivity (Wildman–Crippen MR) is 108 cm³/mol. The molecule has 3 aromatic rings. The van der Waals surface area contributed by atoms with Crippen LogP contribution in [0.3, 0.4) is 0 Å². The van der Waals surface area contributed by atoms with Crippen molar-refractivity contribution in [1.29, 1.82) is 0 Å². The van der Waals surface area contributed by atoms with Gasteiger partial charge in [0.25, 0.3) is 0 Å². The van der Waals surface area contributed by atoms with Crippen molar-refractivity contribution in [2.45, 2.75) is 25.8 Å². The Hall–Kier alpha value is -2.60. The highest BCUT2D eigenvalue weighted by Gasteiger charge is 2.16. The third kappa shape index (κ3) is 6.23. The lowest BCUT2D eigenvalue weighted by atomic mass is 10.1. The summed E-state index contributed by atoms with van der Waals surface area (Å²) in [5, 5.41) is 10.5. The van der Waals surface area contributed by atoms with Crippen molar-refractivity contribution in [3.63, 3.8) is 0 Å². The second-order valence-electron chi connectivity index (χ2n) is 6.72. The molecule has 1 atom stereocenters. The molecule has 0 amide bonds. The van der Waals surface area contributed by atoms with E-state index in [0.717, 1.165) is 22.6 Å². The summed E-state index contributed by atoms with van der Waals surface area (Å²) < 4.78 is 16.6. The summed E-state index contributed by atoms with van der Waals surface area (Å²) in [5.74, 6) is 1.69. The lowest BCUT2D eigenvalue weighted by Crippen LogP contribution is -2.34. The molecule has 3 rings (SSSR count). The van der Waals surface area contributed by atoms with Crippen molar-refractivity contribution in [3.8, 4) is 5.75 Å². The number of para-hydroxylation sites is 1. The van der Waals surface area contributed by atoms with Crippen molar-refractivity contribution in [2.24, 2.45) is 0 Å². The summed E-state index contributed by atoms with van der Waals surface area (Å²) in [6.07, 6.45) is 1.06. The van der Waals surface area contributed by atoms with Crippen LogP contribution in [0.2, 0.25) is 0 Å². The number of benzene rings is 2.